The van der Waals surface area contributed by atoms with Crippen LogP contribution in [0, 0.1) is 5.92 Å². The van der Waals surface area contributed by atoms with Gasteiger partial charge in [0.1, 0.15) is 5.82 Å². The Kier molecular flexibility index (Phi) is 3.41. The molecule has 0 aliphatic heterocycles. The molecule has 1 aliphatic carbocycles. The van der Waals surface area contributed by atoms with Crippen LogP contribution in [0.5, 0.6) is 0 Å². The van der Waals surface area contributed by atoms with Crippen LogP contribution in [0.1, 0.15) is 38.9 Å². The molecule has 0 amide bonds. The summed E-state index contributed by atoms with van der Waals surface area (Å²) in [4.78, 5) is 4.39. The highest BCUT2D eigenvalue weighted by molar-refractivity contribution is 4.94. The number of imidazole rings is 1. The molecule has 1 aromatic heterocycles. The molecular weight excluding hydrogens is 186 g/mol. The summed E-state index contributed by atoms with van der Waals surface area (Å²) >= 11 is 0. The van der Waals surface area contributed by atoms with Crippen LogP contribution >= 0.6 is 0 Å². The minimum absolute atomic E-state index is 0.761. The first-order chi connectivity index (χ1) is 7.25. The van der Waals surface area contributed by atoms with Gasteiger partial charge in [0.05, 0.1) is 6.54 Å². The van der Waals surface area contributed by atoms with Crippen molar-refractivity contribution < 1.29 is 0 Å². The molecule has 0 saturated heterocycles. The van der Waals surface area contributed by atoms with Crippen molar-refractivity contribution >= 4 is 0 Å². The van der Waals surface area contributed by atoms with Gasteiger partial charge in [0.25, 0.3) is 0 Å². The molecular formula is C12H21N3. The van der Waals surface area contributed by atoms with Gasteiger partial charge in [-0.05, 0) is 25.2 Å². The lowest BCUT2D eigenvalue weighted by atomic mass is 10.1. The van der Waals surface area contributed by atoms with E-state index in [1.165, 1.54) is 25.1 Å². The summed E-state index contributed by atoms with van der Waals surface area (Å²) in [6, 6.07) is 0.764. The van der Waals surface area contributed by atoms with Crippen molar-refractivity contribution in [3.63, 3.8) is 0 Å². The fourth-order valence-electron chi connectivity index (χ4n) is 1.63. The van der Waals surface area contributed by atoms with Crippen LogP contribution in [0.4, 0.5) is 0 Å². The topological polar surface area (TPSA) is 29.9 Å². The third-order valence-corrected chi connectivity index (χ3v) is 2.88. The maximum atomic E-state index is 4.39. The van der Waals surface area contributed by atoms with Crippen LogP contribution in [0.3, 0.4) is 0 Å². The summed E-state index contributed by atoms with van der Waals surface area (Å²) in [6.45, 7) is 6.55. The van der Waals surface area contributed by atoms with Crippen molar-refractivity contribution in [1.82, 2.24) is 14.9 Å². The number of nitrogens with zero attached hydrogens (tertiary/aromatic N) is 2. The summed E-state index contributed by atoms with van der Waals surface area (Å²) in [5.74, 6) is 1.94. The largest absolute Gasteiger partial charge is 0.334 e. The van der Waals surface area contributed by atoms with Gasteiger partial charge in [-0.25, -0.2) is 4.98 Å². The minimum atomic E-state index is 0.761. The predicted molar refractivity (Wildman–Crippen MR) is 61.5 cm³/mol. The average Bonchev–Trinajstić information content (AvgIpc) is 2.92. The smallest absolute Gasteiger partial charge is 0.122 e. The van der Waals surface area contributed by atoms with Gasteiger partial charge in [-0.1, -0.05) is 13.8 Å². The molecule has 84 valence electrons. The van der Waals surface area contributed by atoms with Crippen molar-refractivity contribution in [2.24, 2.45) is 5.92 Å². The first-order valence-corrected chi connectivity index (χ1v) is 5.99. The molecule has 3 heteroatoms. The fourth-order valence-corrected chi connectivity index (χ4v) is 1.63. The van der Waals surface area contributed by atoms with E-state index < -0.39 is 0 Å². The van der Waals surface area contributed by atoms with Crippen molar-refractivity contribution in [1.29, 1.82) is 0 Å². The Morgan fingerprint density at radius 2 is 2.33 bits per heavy atom. The summed E-state index contributed by atoms with van der Waals surface area (Å²) < 4.78 is 2.27. The van der Waals surface area contributed by atoms with Crippen LogP contribution in [-0.4, -0.2) is 15.6 Å². The van der Waals surface area contributed by atoms with Gasteiger partial charge in [0, 0.05) is 25.0 Å². The Morgan fingerprint density at radius 1 is 1.53 bits per heavy atom. The van der Waals surface area contributed by atoms with E-state index >= 15 is 0 Å². The number of hydrogen-bond donors (Lipinski definition) is 1. The molecule has 0 aromatic carbocycles. The Labute approximate surface area is 91.9 Å². The Bertz CT molecular complexity index is 279. The fraction of sp³-hybridized carbons (Fsp3) is 0.750. The molecule has 1 fully saturated rings. The second-order valence-electron chi connectivity index (χ2n) is 4.87. The first kappa shape index (κ1) is 10.7. The molecule has 0 radical (unpaired) electrons. The highest BCUT2D eigenvalue weighted by Gasteiger charge is 2.20. The van der Waals surface area contributed by atoms with E-state index in [0.717, 1.165) is 25.0 Å². The maximum Gasteiger partial charge on any atom is 0.122 e. The third-order valence-electron chi connectivity index (χ3n) is 2.88. The van der Waals surface area contributed by atoms with Gasteiger partial charge in [-0.15, -0.1) is 0 Å². The molecule has 0 spiro atoms. The maximum absolute atomic E-state index is 4.39. The van der Waals surface area contributed by atoms with Gasteiger partial charge >= 0.3 is 0 Å². The van der Waals surface area contributed by atoms with E-state index in [-0.39, 0.29) is 0 Å². The third kappa shape index (κ3) is 3.34. The summed E-state index contributed by atoms with van der Waals surface area (Å²) in [7, 11) is 0. The van der Waals surface area contributed by atoms with Gasteiger partial charge in [-0.3, -0.25) is 0 Å². The molecule has 1 aromatic rings. The van der Waals surface area contributed by atoms with Crippen LogP contribution in [0.2, 0.25) is 0 Å². The Balaban J connectivity index is 1.83. The number of aryl methyl sites for hydroxylation is 1. The zero-order valence-corrected chi connectivity index (χ0v) is 9.74. The van der Waals surface area contributed by atoms with E-state index in [2.05, 4.69) is 34.9 Å². The normalized spacial score (nSPS) is 16.2. The van der Waals surface area contributed by atoms with Crippen LogP contribution in [-0.2, 0) is 13.1 Å². The highest BCUT2D eigenvalue weighted by atomic mass is 15.1. The molecule has 15 heavy (non-hydrogen) atoms. The van der Waals surface area contributed by atoms with Gasteiger partial charge in [0.15, 0.2) is 0 Å². The van der Waals surface area contributed by atoms with Gasteiger partial charge in [0.2, 0.25) is 0 Å². The molecule has 1 N–H and O–H groups in total. The van der Waals surface area contributed by atoms with E-state index in [4.69, 9.17) is 0 Å². The molecule has 1 saturated carbocycles. The molecule has 0 unspecified atom stereocenters. The first-order valence-electron chi connectivity index (χ1n) is 5.99. The average molecular weight is 207 g/mol. The van der Waals surface area contributed by atoms with Gasteiger partial charge in [-0.2, -0.15) is 0 Å². The summed E-state index contributed by atoms with van der Waals surface area (Å²) in [5.41, 5.74) is 0. The van der Waals surface area contributed by atoms with E-state index in [9.17, 15) is 0 Å². The lowest BCUT2D eigenvalue weighted by Crippen LogP contribution is -2.19. The highest BCUT2D eigenvalue weighted by Crippen LogP contribution is 2.19. The standard InChI is InChI=1S/C12H21N3/c1-10(2)5-7-15-8-6-13-12(15)9-14-11-3-4-11/h6,8,10-11,14H,3-5,7,9H2,1-2H3. The lowest BCUT2D eigenvalue weighted by Gasteiger charge is -2.09. The zero-order valence-electron chi connectivity index (χ0n) is 9.74. The van der Waals surface area contributed by atoms with E-state index in [1.807, 2.05) is 6.20 Å². The van der Waals surface area contributed by atoms with Crippen molar-refractivity contribution in [3.05, 3.63) is 18.2 Å². The SMILES string of the molecule is CC(C)CCn1ccnc1CNC1CC1. The summed E-state index contributed by atoms with van der Waals surface area (Å²) in [5, 5.41) is 3.50. The number of hydrogen-bond acceptors (Lipinski definition) is 2. The van der Waals surface area contributed by atoms with Crippen molar-refractivity contribution in [2.75, 3.05) is 0 Å². The Morgan fingerprint density at radius 3 is 3.00 bits per heavy atom. The van der Waals surface area contributed by atoms with Crippen molar-refractivity contribution in [2.45, 2.75) is 52.2 Å². The molecule has 0 atom stereocenters. The second-order valence-corrected chi connectivity index (χ2v) is 4.87. The lowest BCUT2D eigenvalue weighted by molar-refractivity contribution is 0.496. The number of rotatable bonds is 6. The predicted octanol–water partition coefficient (Wildman–Crippen LogP) is 2.18. The quantitative estimate of drug-likeness (QED) is 0.775. The van der Waals surface area contributed by atoms with E-state index in [0.29, 0.717) is 0 Å². The zero-order chi connectivity index (χ0) is 10.7. The molecule has 3 nitrogen and oxygen atoms in total. The Hall–Kier alpha value is -0.830. The number of aromatic nitrogens is 2. The molecule has 2 rings (SSSR count). The number of nitrogens with one attached hydrogen (secondary N) is 1. The summed E-state index contributed by atoms with van der Waals surface area (Å²) in [6.07, 6.45) is 7.91. The van der Waals surface area contributed by atoms with Crippen molar-refractivity contribution in [3.8, 4) is 0 Å². The van der Waals surface area contributed by atoms with Gasteiger partial charge < -0.3 is 9.88 Å². The monoisotopic (exact) mass is 207 g/mol. The van der Waals surface area contributed by atoms with Crippen LogP contribution < -0.4 is 5.32 Å². The van der Waals surface area contributed by atoms with Crippen LogP contribution in [0.25, 0.3) is 0 Å². The van der Waals surface area contributed by atoms with E-state index in [1.54, 1.807) is 0 Å². The molecule has 1 aliphatic rings. The molecule has 1 heterocycles. The van der Waals surface area contributed by atoms with Crippen LogP contribution in [0.15, 0.2) is 12.4 Å². The minimum Gasteiger partial charge on any atom is -0.334 e. The molecule has 0 bridgehead atoms. The second kappa shape index (κ2) is 4.79.